The topological polar surface area (TPSA) is 72.6 Å². The monoisotopic (exact) mass is 272 g/mol. The molecule has 0 bridgehead atoms. The number of thioether (sulfide) groups is 1. The highest BCUT2D eigenvalue weighted by atomic mass is 32.2. The van der Waals surface area contributed by atoms with E-state index >= 15 is 0 Å². The number of methoxy groups -OCH3 is 1. The summed E-state index contributed by atoms with van der Waals surface area (Å²) in [5, 5.41) is 0.0464. The van der Waals surface area contributed by atoms with Gasteiger partial charge in [0.15, 0.2) is 0 Å². The lowest BCUT2D eigenvalue weighted by atomic mass is 9.84. The smallest absolute Gasteiger partial charge is 0.329 e. The molecule has 2 heterocycles. The summed E-state index contributed by atoms with van der Waals surface area (Å²) in [6, 6.07) is -1.01. The number of hydrogen-bond acceptors (Lipinski definition) is 5. The lowest BCUT2D eigenvalue weighted by molar-refractivity contribution is -0.154. The number of carbonyl (C=O) groups excluding carboxylic acids is 2. The molecule has 0 saturated carbocycles. The van der Waals surface area contributed by atoms with Crippen LogP contribution in [0.1, 0.15) is 26.7 Å². The van der Waals surface area contributed by atoms with Crippen molar-refractivity contribution in [3.8, 4) is 0 Å². The first kappa shape index (κ1) is 13.7. The van der Waals surface area contributed by atoms with Crippen molar-refractivity contribution >= 4 is 23.6 Å². The maximum absolute atomic E-state index is 12.3. The van der Waals surface area contributed by atoms with E-state index in [1.54, 1.807) is 16.7 Å². The predicted molar refractivity (Wildman–Crippen MR) is 69.9 cm³/mol. The number of nitrogens with two attached hydrogens (primary N) is 1. The van der Waals surface area contributed by atoms with E-state index in [9.17, 15) is 9.59 Å². The molecule has 2 saturated heterocycles. The molecule has 5 nitrogen and oxygen atoms in total. The highest BCUT2D eigenvalue weighted by Gasteiger charge is 2.54. The molecule has 6 heteroatoms. The number of amides is 1. The summed E-state index contributed by atoms with van der Waals surface area (Å²) in [5.41, 5.74) is 5.60. The van der Waals surface area contributed by atoms with Crippen LogP contribution < -0.4 is 5.73 Å². The Balaban J connectivity index is 2.36. The zero-order chi connectivity index (χ0) is 13.5. The molecule has 0 aromatic heterocycles. The summed E-state index contributed by atoms with van der Waals surface area (Å²) in [6.45, 7) is 4.01. The summed E-state index contributed by atoms with van der Waals surface area (Å²) < 4.78 is 4.86. The Kier molecular flexibility index (Phi) is 3.60. The molecule has 2 aliphatic heterocycles. The molecule has 0 radical (unpaired) electrons. The molecule has 0 spiro atoms. The van der Waals surface area contributed by atoms with Crippen molar-refractivity contribution in [3.05, 3.63) is 0 Å². The van der Waals surface area contributed by atoms with Gasteiger partial charge in [-0.05, 0) is 24.0 Å². The van der Waals surface area contributed by atoms with E-state index in [4.69, 9.17) is 10.5 Å². The zero-order valence-electron chi connectivity index (χ0n) is 11.0. The lowest BCUT2D eigenvalue weighted by Gasteiger charge is -2.31. The van der Waals surface area contributed by atoms with Crippen molar-refractivity contribution in [1.82, 2.24) is 4.90 Å². The van der Waals surface area contributed by atoms with Gasteiger partial charge in [-0.1, -0.05) is 13.8 Å². The first-order valence-corrected chi connectivity index (χ1v) is 7.20. The average molecular weight is 272 g/mol. The third-order valence-corrected chi connectivity index (χ3v) is 5.01. The van der Waals surface area contributed by atoms with Crippen LogP contribution in [0.5, 0.6) is 0 Å². The summed E-state index contributed by atoms with van der Waals surface area (Å²) in [5.74, 6) is 0.398. The Morgan fingerprint density at radius 2 is 2.22 bits per heavy atom. The molecule has 2 aliphatic rings. The van der Waals surface area contributed by atoms with Crippen LogP contribution in [0.2, 0.25) is 0 Å². The van der Waals surface area contributed by atoms with Gasteiger partial charge in [0.25, 0.3) is 0 Å². The first-order valence-electron chi connectivity index (χ1n) is 6.15. The first-order chi connectivity index (χ1) is 8.38. The third kappa shape index (κ3) is 2.12. The second-order valence-corrected chi connectivity index (χ2v) is 6.87. The Labute approximate surface area is 111 Å². The van der Waals surface area contributed by atoms with Crippen molar-refractivity contribution in [2.45, 2.75) is 44.1 Å². The highest BCUT2D eigenvalue weighted by Crippen LogP contribution is 2.46. The van der Waals surface area contributed by atoms with E-state index in [0.29, 0.717) is 6.42 Å². The van der Waals surface area contributed by atoms with Crippen LogP contribution in [0.25, 0.3) is 0 Å². The SMILES string of the molecule is COC(=O)[C@H]1N2C(=O)[C@@H](N)CCSC2CC1(C)C. The fourth-order valence-corrected chi connectivity index (χ4v) is 4.40. The standard InChI is InChI=1S/C12H20N2O3S/c1-12(2)6-8-14(9(12)11(16)17-3)10(15)7(13)4-5-18-8/h7-9H,4-6,13H2,1-3H3/t7-,8?,9+/m0/s1. The number of fused-ring (bicyclic) bond motifs is 1. The van der Waals surface area contributed by atoms with Gasteiger partial charge in [0.1, 0.15) is 6.04 Å². The van der Waals surface area contributed by atoms with Crippen molar-refractivity contribution in [2.24, 2.45) is 11.1 Å². The van der Waals surface area contributed by atoms with Crippen molar-refractivity contribution in [3.63, 3.8) is 0 Å². The van der Waals surface area contributed by atoms with Crippen LogP contribution >= 0.6 is 11.8 Å². The van der Waals surface area contributed by atoms with E-state index in [0.717, 1.165) is 12.2 Å². The molecule has 102 valence electrons. The second kappa shape index (κ2) is 4.74. The van der Waals surface area contributed by atoms with Crippen molar-refractivity contribution < 1.29 is 14.3 Å². The normalized spacial score (nSPS) is 35.0. The number of ether oxygens (including phenoxy) is 1. The molecule has 0 aromatic rings. The Morgan fingerprint density at radius 3 is 2.83 bits per heavy atom. The van der Waals surface area contributed by atoms with E-state index in [1.165, 1.54) is 7.11 Å². The van der Waals surface area contributed by atoms with Gasteiger partial charge in [0, 0.05) is 0 Å². The summed E-state index contributed by atoms with van der Waals surface area (Å²) in [6.07, 6.45) is 1.47. The molecule has 0 aromatic carbocycles. The van der Waals surface area contributed by atoms with E-state index in [-0.39, 0.29) is 22.7 Å². The summed E-state index contributed by atoms with van der Waals surface area (Å²) in [4.78, 5) is 26.0. The highest BCUT2D eigenvalue weighted by molar-refractivity contribution is 7.99. The maximum Gasteiger partial charge on any atom is 0.329 e. The van der Waals surface area contributed by atoms with E-state index in [2.05, 4.69) is 0 Å². The number of carbonyl (C=O) groups is 2. The van der Waals surface area contributed by atoms with Crippen molar-refractivity contribution in [1.29, 1.82) is 0 Å². The zero-order valence-corrected chi connectivity index (χ0v) is 11.8. The average Bonchev–Trinajstić information content (AvgIpc) is 2.50. The molecular weight excluding hydrogens is 252 g/mol. The second-order valence-electron chi connectivity index (χ2n) is 5.58. The third-order valence-electron chi connectivity index (χ3n) is 3.76. The van der Waals surface area contributed by atoms with Crippen LogP contribution in [0.4, 0.5) is 0 Å². The predicted octanol–water partition coefficient (Wildman–Crippen LogP) is 0.577. The van der Waals surface area contributed by atoms with Crippen LogP contribution in [0.15, 0.2) is 0 Å². The van der Waals surface area contributed by atoms with Gasteiger partial charge < -0.3 is 15.4 Å². The van der Waals surface area contributed by atoms with E-state index in [1.807, 2.05) is 13.8 Å². The fraction of sp³-hybridized carbons (Fsp3) is 0.833. The molecular formula is C12H20N2O3S. The Morgan fingerprint density at radius 1 is 1.56 bits per heavy atom. The lowest BCUT2D eigenvalue weighted by Crippen LogP contribution is -2.52. The van der Waals surface area contributed by atoms with E-state index < -0.39 is 12.1 Å². The van der Waals surface area contributed by atoms with Crippen LogP contribution in [-0.4, -0.2) is 47.1 Å². The maximum atomic E-state index is 12.3. The summed E-state index contributed by atoms with van der Waals surface area (Å²) >= 11 is 1.71. The molecule has 2 N–H and O–H groups in total. The molecule has 0 aliphatic carbocycles. The Hall–Kier alpha value is -0.750. The minimum Gasteiger partial charge on any atom is -0.467 e. The molecule has 1 unspecified atom stereocenters. The quantitative estimate of drug-likeness (QED) is 0.707. The van der Waals surface area contributed by atoms with Gasteiger partial charge in [-0.2, -0.15) is 0 Å². The fourth-order valence-electron chi connectivity index (χ4n) is 2.80. The molecule has 3 atom stereocenters. The van der Waals surface area contributed by atoms with Gasteiger partial charge in [0.2, 0.25) is 5.91 Å². The molecule has 2 fully saturated rings. The number of nitrogens with zero attached hydrogens (tertiary/aromatic N) is 1. The molecule has 2 rings (SSSR count). The van der Waals surface area contributed by atoms with Gasteiger partial charge in [-0.25, -0.2) is 4.79 Å². The van der Waals surface area contributed by atoms with Crippen molar-refractivity contribution in [2.75, 3.05) is 12.9 Å². The minimum absolute atomic E-state index is 0.0464. The Bertz CT molecular complexity index is 372. The van der Waals surface area contributed by atoms with Crippen LogP contribution in [0.3, 0.4) is 0 Å². The number of hydrogen-bond donors (Lipinski definition) is 1. The van der Waals surface area contributed by atoms with Crippen LogP contribution in [0, 0.1) is 5.41 Å². The van der Waals surface area contributed by atoms with Gasteiger partial charge in [0.05, 0.1) is 18.5 Å². The number of rotatable bonds is 1. The minimum atomic E-state index is -0.517. The van der Waals surface area contributed by atoms with Gasteiger partial charge >= 0.3 is 5.97 Å². The number of esters is 1. The summed E-state index contributed by atoms with van der Waals surface area (Å²) in [7, 11) is 1.36. The molecule has 18 heavy (non-hydrogen) atoms. The molecule has 1 amide bonds. The largest absolute Gasteiger partial charge is 0.467 e. The van der Waals surface area contributed by atoms with Crippen LogP contribution in [-0.2, 0) is 14.3 Å². The van der Waals surface area contributed by atoms with Gasteiger partial charge in [-0.15, -0.1) is 11.8 Å². The van der Waals surface area contributed by atoms with Gasteiger partial charge in [-0.3, -0.25) is 4.79 Å².